The highest BCUT2D eigenvalue weighted by atomic mass is 16.3. The van der Waals surface area contributed by atoms with E-state index < -0.39 is 0 Å². The van der Waals surface area contributed by atoms with Crippen LogP contribution >= 0.6 is 0 Å². The van der Waals surface area contributed by atoms with Gasteiger partial charge in [-0.3, -0.25) is 0 Å². The predicted molar refractivity (Wildman–Crippen MR) is 236 cm³/mol. The molecule has 11 rings (SSSR count). The Bertz CT molecular complexity index is 3170. The molecular formula is C53H36N2O. The molecule has 0 aliphatic heterocycles. The fourth-order valence-corrected chi connectivity index (χ4v) is 8.56. The molecule has 0 fully saturated rings. The normalized spacial score (nSPS) is 13.1. The first-order valence-corrected chi connectivity index (χ1v) is 19.2. The van der Waals surface area contributed by atoms with Crippen LogP contribution in [0.3, 0.4) is 0 Å². The second-order valence-corrected chi connectivity index (χ2v) is 14.5. The lowest BCUT2D eigenvalue weighted by molar-refractivity contribution is 0.669. The lowest BCUT2D eigenvalue weighted by Gasteiger charge is -2.27. The van der Waals surface area contributed by atoms with Crippen molar-refractivity contribution in [1.29, 1.82) is 0 Å². The van der Waals surface area contributed by atoms with Gasteiger partial charge in [0.15, 0.2) is 0 Å². The Balaban J connectivity index is 1.03. The average molecular weight is 717 g/mol. The fraction of sp³-hybridized carbons (Fsp3) is 0.0189. The summed E-state index contributed by atoms with van der Waals surface area (Å²) in [7, 11) is 0. The van der Waals surface area contributed by atoms with Crippen molar-refractivity contribution >= 4 is 71.5 Å². The minimum atomic E-state index is 0.752. The summed E-state index contributed by atoms with van der Waals surface area (Å²) in [6, 6.07) is 65.3. The molecule has 8 aromatic carbocycles. The second-order valence-electron chi connectivity index (χ2n) is 14.5. The van der Waals surface area contributed by atoms with E-state index in [1.807, 2.05) is 12.1 Å². The number of benzene rings is 8. The Labute approximate surface area is 325 Å². The van der Waals surface area contributed by atoms with Gasteiger partial charge in [-0.05, 0) is 88.1 Å². The number of allylic oxidation sites excluding steroid dienone is 5. The van der Waals surface area contributed by atoms with Gasteiger partial charge in [-0.1, -0.05) is 140 Å². The van der Waals surface area contributed by atoms with Crippen LogP contribution in [-0.2, 0) is 0 Å². The van der Waals surface area contributed by atoms with Crippen molar-refractivity contribution in [2.45, 2.75) is 6.42 Å². The van der Waals surface area contributed by atoms with Crippen LogP contribution < -0.4 is 4.90 Å². The minimum Gasteiger partial charge on any atom is -0.456 e. The maximum atomic E-state index is 6.41. The Kier molecular flexibility index (Phi) is 7.56. The number of nitrogens with zero attached hydrogens (tertiary/aromatic N) is 2. The number of rotatable bonds is 6. The summed E-state index contributed by atoms with van der Waals surface area (Å²) in [5.41, 5.74) is 13.4. The molecule has 56 heavy (non-hydrogen) atoms. The summed E-state index contributed by atoms with van der Waals surface area (Å²) >= 11 is 0. The molecule has 0 bridgehead atoms. The Morgan fingerprint density at radius 2 is 1.11 bits per heavy atom. The van der Waals surface area contributed by atoms with Gasteiger partial charge in [-0.25, -0.2) is 0 Å². The van der Waals surface area contributed by atoms with E-state index in [1.165, 1.54) is 55.0 Å². The molecule has 0 amide bonds. The van der Waals surface area contributed by atoms with Gasteiger partial charge in [0.2, 0.25) is 0 Å². The van der Waals surface area contributed by atoms with E-state index in [0.717, 1.165) is 51.0 Å². The lowest BCUT2D eigenvalue weighted by Crippen LogP contribution is -2.16. The molecule has 2 aromatic heterocycles. The van der Waals surface area contributed by atoms with E-state index in [0.29, 0.717) is 0 Å². The van der Waals surface area contributed by atoms with Crippen LogP contribution in [0, 0.1) is 0 Å². The number of anilines is 2. The molecule has 3 nitrogen and oxygen atoms in total. The smallest absolute Gasteiger partial charge is 0.137 e. The van der Waals surface area contributed by atoms with E-state index in [2.05, 4.69) is 204 Å². The van der Waals surface area contributed by atoms with Gasteiger partial charge in [-0.2, -0.15) is 0 Å². The van der Waals surface area contributed by atoms with E-state index in [9.17, 15) is 0 Å². The Morgan fingerprint density at radius 1 is 0.464 bits per heavy atom. The van der Waals surface area contributed by atoms with Crippen LogP contribution in [0.4, 0.5) is 11.4 Å². The van der Waals surface area contributed by atoms with Crippen LogP contribution in [0.5, 0.6) is 0 Å². The van der Waals surface area contributed by atoms with Crippen molar-refractivity contribution < 1.29 is 4.42 Å². The molecule has 0 atom stereocenters. The molecule has 1 aliphatic rings. The minimum absolute atomic E-state index is 0.752. The number of para-hydroxylation sites is 4. The molecule has 2 heterocycles. The Hall–Kier alpha value is -7.36. The van der Waals surface area contributed by atoms with Crippen molar-refractivity contribution in [3.63, 3.8) is 0 Å². The van der Waals surface area contributed by atoms with Crippen molar-refractivity contribution in [3.8, 4) is 16.8 Å². The van der Waals surface area contributed by atoms with Crippen molar-refractivity contribution in [3.05, 3.63) is 218 Å². The van der Waals surface area contributed by atoms with Gasteiger partial charge in [0.05, 0.1) is 16.7 Å². The van der Waals surface area contributed by atoms with E-state index in [4.69, 9.17) is 4.42 Å². The summed E-state index contributed by atoms with van der Waals surface area (Å²) in [6.07, 6.45) is 9.89. The first-order valence-electron chi connectivity index (χ1n) is 19.2. The molecule has 0 radical (unpaired) electrons. The highest BCUT2D eigenvalue weighted by Crippen LogP contribution is 2.40. The summed E-state index contributed by atoms with van der Waals surface area (Å²) in [4.78, 5) is 2.37. The first kappa shape index (κ1) is 32.1. The van der Waals surface area contributed by atoms with E-state index in [1.54, 1.807) is 0 Å². The third kappa shape index (κ3) is 5.36. The Morgan fingerprint density at radius 3 is 1.93 bits per heavy atom. The summed E-state index contributed by atoms with van der Waals surface area (Å²) in [6.45, 7) is 0. The maximum absolute atomic E-state index is 6.41. The van der Waals surface area contributed by atoms with Crippen LogP contribution in [-0.4, -0.2) is 4.57 Å². The molecule has 3 heteroatoms. The zero-order valence-electron chi connectivity index (χ0n) is 30.6. The monoisotopic (exact) mass is 716 g/mol. The van der Waals surface area contributed by atoms with Crippen LogP contribution in [0.1, 0.15) is 12.0 Å². The second kappa shape index (κ2) is 13.2. The first-order chi connectivity index (χ1) is 27.8. The number of furan rings is 1. The molecule has 0 N–H and O–H groups in total. The van der Waals surface area contributed by atoms with Crippen LogP contribution in [0.15, 0.2) is 216 Å². The highest BCUT2D eigenvalue weighted by Gasteiger charge is 2.20. The summed E-state index contributed by atoms with van der Waals surface area (Å²) in [5.74, 6) is 0. The van der Waals surface area contributed by atoms with Crippen LogP contribution in [0.2, 0.25) is 0 Å². The average Bonchev–Trinajstić information content (AvgIpc) is 3.69. The summed E-state index contributed by atoms with van der Waals surface area (Å²) < 4.78 is 8.83. The maximum Gasteiger partial charge on any atom is 0.137 e. The quantitative estimate of drug-likeness (QED) is 0.171. The zero-order valence-corrected chi connectivity index (χ0v) is 30.6. The molecule has 264 valence electrons. The molecule has 0 spiro atoms. The molecule has 1 aliphatic carbocycles. The molecule has 10 aromatic rings. The molecular weight excluding hydrogens is 681 g/mol. The SMILES string of the molecule is C1=CC(c2ccccc2-n2c3ccccc3c3ccccc32)=CC=C(N(c2ccc(-c3ccc4ccccc4c3)cc2)c2ccc3c(c2)oc2ccccc23)C1. The lowest BCUT2D eigenvalue weighted by atomic mass is 10.0. The fourth-order valence-electron chi connectivity index (χ4n) is 8.56. The highest BCUT2D eigenvalue weighted by molar-refractivity contribution is 6.10. The van der Waals surface area contributed by atoms with Gasteiger partial charge < -0.3 is 13.9 Å². The largest absolute Gasteiger partial charge is 0.456 e. The van der Waals surface area contributed by atoms with Crippen molar-refractivity contribution in [2.75, 3.05) is 4.90 Å². The number of fused-ring (bicyclic) bond motifs is 7. The summed E-state index contributed by atoms with van der Waals surface area (Å²) in [5, 5.41) is 7.26. The number of hydrogen-bond acceptors (Lipinski definition) is 2. The van der Waals surface area contributed by atoms with E-state index in [-0.39, 0.29) is 0 Å². The van der Waals surface area contributed by atoms with Gasteiger partial charge in [0, 0.05) is 56.7 Å². The molecule has 0 unspecified atom stereocenters. The third-order valence-corrected chi connectivity index (χ3v) is 11.2. The molecule has 0 saturated heterocycles. The predicted octanol–water partition coefficient (Wildman–Crippen LogP) is 14.6. The number of aromatic nitrogens is 1. The van der Waals surface area contributed by atoms with Gasteiger partial charge in [-0.15, -0.1) is 0 Å². The van der Waals surface area contributed by atoms with Gasteiger partial charge in [0.25, 0.3) is 0 Å². The topological polar surface area (TPSA) is 21.3 Å². The van der Waals surface area contributed by atoms with Crippen molar-refractivity contribution in [1.82, 2.24) is 4.57 Å². The van der Waals surface area contributed by atoms with Gasteiger partial charge in [0.1, 0.15) is 11.2 Å². The molecule has 0 saturated carbocycles. The van der Waals surface area contributed by atoms with Crippen molar-refractivity contribution in [2.24, 2.45) is 0 Å². The van der Waals surface area contributed by atoms with E-state index >= 15 is 0 Å². The third-order valence-electron chi connectivity index (χ3n) is 11.2. The van der Waals surface area contributed by atoms with Crippen LogP contribution in [0.25, 0.3) is 76.9 Å². The zero-order chi connectivity index (χ0) is 37.0. The standard InChI is InChI=1S/C53H36N2O/c1-2-13-39-34-40(25-24-36(39)12-1)37-26-29-42(30-27-37)54(43-32-33-48-47-19-6-10-23-52(47)56-53(48)35-43)41-15-11-14-38(28-31-41)44-16-3-7-20-49(44)55-50-21-8-4-17-45(50)46-18-5-9-22-51(46)55/h1-14,16-35H,15H2. The number of hydrogen-bond donors (Lipinski definition) is 0. The van der Waals surface area contributed by atoms with Gasteiger partial charge >= 0.3 is 0 Å².